The van der Waals surface area contributed by atoms with Crippen molar-refractivity contribution in [1.29, 1.82) is 0 Å². The highest BCUT2D eigenvalue weighted by molar-refractivity contribution is 5.94. The Hall–Kier alpha value is -3.10. The molecule has 0 atom stereocenters. The molecule has 1 aliphatic carbocycles. The quantitative estimate of drug-likeness (QED) is 0.406. The van der Waals surface area contributed by atoms with Crippen LogP contribution in [0.25, 0.3) is 17.7 Å². The summed E-state index contributed by atoms with van der Waals surface area (Å²) < 4.78 is 5.39. The minimum Gasteiger partial charge on any atom is -0.497 e. The first-order chi connectivity index (χ1) is 14.8. The summed E-state index contributed by atoms with van der Waals surface area (Å²) in [5, 5.41) is 0. The van der Waals surface area contributed by atoms with E-state index < -0.39 is 0 Å². The average Bonchev–Trinajstić information content (AvgIpc) is 2.97. The number of fused-ring (bicyclic) bond motifs is 2. The normalized spacial score (nSPS) is 16.0. The standard InChI is InChI=1S/C28H27NO/c1-30-25-10-6-7-21(19-25)20-29-17-15-24(16-18-29)28-26-11-4-2-8-22(26)13-14-23-9-3-5-12-27(23)28/h2-14,19H,15-18,20H2,1H3. The molecule has 1 aliphatic heterocycles. The lowest BCUT2D eigenvalue weighted by Gasteiger charge is -2.30. The van der Waals surface area contributed by atoms with E-state index in [9.17, 15) is 0 Å². The molecule has 2 heteroatoms. The van der Waals surface area contributed by atoms with E-state index in [-0.39, 0.29) is 0 Å². The summed E-state index contributed by atoms with van der Waals surface area (Å²) >= 11 is 0. The molecule has 0 unspecified atom stereocenters. The maximum atomic E-state index is 5.39. The molecule has 0 spiro atoms. The Morgan fingerprint density at radius 1 is 0.767 bits per heavy atom. The van der Waals surface area contributed by atoms with Gasteiger partial charge >= 0.3 is 0 Å². The number of hydrogen-bond acceptors (Lipinski definition) is 2. The molecule has 3 aromatic rings. The molecule has 0 radical (unpaired) electrons. The molecule has 2 aliphatic rings. The molecule has 5 rings (SSSR count). The van der Waals surface area contributed by atoms with Crippen molar-refractivity contribution >= 4 is 17.7 Å². The summed E-state index contributed by atoms with van der Waals surface area (Å²) in [4.78, 5) is 2.56. The molecule has 0 N–H and O–H groups in total. The summed E-state index contributed by atoms with van der Waals surface area (Å²) in [7, 11) is 1.73. The zero-order valence-electron chi connectivity index (χ0n) is 17.5. The summed E-state index contributed by atoms with van der Waals surface area (Å²) in [6.45, 7) is 3.16. The van der Waals surface area contributed by atoms with Gasteiger partial charge in [-0.1, -0.05) is 78.4 Å². The second-order valence-electron chi connectivity index (χ2n) is 8.11. The van der Waals surface area contributed by atoms with Crippen molar-refractivity contribution in [3.8, 4) is 5.75 Å². The molecule has 30 heavy (non-hydrogen) atoms. The molecule has 1 heterocycles. The molecular weight excluding hydrogens is 366 g/mol. The van der Waals surface area contributed by atoms with Gasteiger partial charge in [0.15, 0.2) is 0 Å². The van der Waals surface area contributed by atoms with Crippen LogP contribution < -0.4 is 4.74 Å². The number of benzene rings is 3. The van der Waals surface area contributed by atoms with Crippen LogP contribution >= 0.6 is 0 Å². The van der Waals surface area contributed by atoms with E-state index in [1.165, 1.54) is 33.4 Å². The highest BCUT2D eigenvalue weighted by atomic mass is 16.5. The van der Waals surface area contributed by atoms with Crippen molar-refractivity contribution in [3.05, 3.63) is 106 Å². The van der Waals surface area contributed by atoms with Crippen molar-refractivity contribution in [2.45, 2.75) is 19.4 Å². The minimum absolute atomic E-state index is 0.937. The number of hydrogen-bond donors (Lipinski definition) is 0. The first kappa shape index (κ1) is 18.9. The zero-order valence-corrected chi connectivity index (χ0v) is 17.5. The van der Waals surface area contributed by atoms with Gasteiger partial charge in [-0.25, -0.2) is 0 Å². The lowest BCUT2D eigenvalue weighted by atomic mass is 9.86. The lowest BCUT2D eigenvalue weighted by molar-refractivity contribution is 0.248. The van der Waals surface area contributed by atoms with E-state index in [0.29, 0.717) is 0 Å². The Bertz CT molecular complexity index is 1060. The van der Waals surface area contributed by atoms with Crippen LogP contribution in [-0.2, 0) is 6.54 Å². The van der Waals surface area contributed by atoms with Gasteiger partial charge < -0.3 is 4.74 Å². The van der Waals surface area contributed by atoms with Crippen molar-refractivity contribution in [2.75, 3.05) is 20.2 Å². The van der Waals surface area contributed by atoms with Gasteiger partial charge in [0.25, 0.3) is 0 Å². The van der Waals surface area contributed by atoms with Crippen molar-refractivity contribution in [3.63, 3.8) is 0 Å². The highest BCUT2D eigenvalue weighted by Crippen LogP contribution is 2.38. The summed E-state index contributed by atoms with van der Waals surface area (Å²) in [6.07, 6.45) is 6.75. The predicted molar refractivity (Wildman–Crippen MR) is 125 cm³/mol. The number of nitrogens with zero attached hydrogens (tertiary/aromatic N) is 1. The zero-order chi connectivity index (χ0) is 20.3. The van der Waals surface area contributed by atoms with Gasteiger partial charge in [-0.2, -0.15) is 0 Å². The molecule has 1 fully saturated rings. The van der Waals surface area contributed by atoms with Crippen molar-refractivity contribution in [2.24, 2.45) is 0 Å². The van der Waals surface area contributed by atoms with Crippen LogP contribution in [0.3, 0.4) is 0 Å². The van der Waals surface area contributed by atoms with Gasteiger partial charge in [-0.3, -0.25) is 4.90 Å². The Kier molecular flexibility index (Phi) is 5.25. The summed E-state index contributed by atoms with van der Waals surface area (Å²) in [5.41, 5.74) is 9.72. The van der Waals surface area contributed by atoms with Crippen LogP contribution in [0.1, 0.15) is 40.7 Å². The fourth-order valence-corrected chi connectivity index (χ4v) is 4.71. The monoisotopic (exact) mass is 393 g/mol. The minimum atomic E-state index is 0.937. The second-order valence-corrected chi connectivity index (χ2v) is 8.11. The number of methoxy groups -OCH3 is 1. The second kappa shape index (κ2) is 8.33. The number of piperidine rings is 1. The molecule has 2 nitrogen and oxygen atoms in total. The molecule has 0 bridgehead atoms. The SMILES string of the molecule is COc1cccc(CN2CCC(=C3c4ccccc4C=Cc4ccccc43)CC2)c1. The number of ether oxygens (including phenoxy) is 1. The van der Waals surface area contributed by atoms with Gasteiger partial charge in [0.2, 0.25) is 0 Å². The van der Waals surface area contributed by atoms with Gasteiger partial charge in [0.05, 0.1) is 7.11 Å². The third-order valence-electron chi connectivity index (χ3n) is 6.26. The summed E-state index contributed by atoms with van der Waals surface area (Å²) in [6, 6.07) is 26.1. The molecular formula is C28H27NO. The van der Waals surface area contributed by atoms with E-state index in [2.05, 4.69) is 83.8 Å². The Labute approximate surface area is 179 Å². The van der Waals surface area contributed by atoms with Crippen LogP contribution in [-0.4, -0.2) is 25.1 Å². The number of rotatable bonds is 3. The Balaban J connectivity index is 1.44. The highest BCUT2D eigenvalue weighted by Gasteiger charge is 2.22. The molecule has 1 saturated heterocycles. The van der Waals surface area contributed by atoms with Crippen LogP contribution in [0.2, 0.25) is 0 Å². The topological polar surface area (TPSA) is 12.5 Å². The largest absolute Gasteiger partial charge is 0.497 e. The summed E-state index contributed by atoms with van der Waals surface area (Å²) in [5.74, 6) is 0.937. The van der Waals surface area contributed by atoms with Crippen LogP contribution in [0, 0.1) is 0 Å². The molecule has 150 valence electrons. The predicted octanol–water partition coefficient (Wildman–Crippen LogP) is 6.28. The van der Waals surface area contributed by atoms with Gasteiger partial charge in [-0.05, 0) is 58.4 Å². The van der Waals surface area contributed by atoms with Crippen molar-refractivity contribution in [1.82, 2.24) is 4.90 Å². The molecule has 0 saturated carbocycles. The number of likely N-dealkylation sites (tertiary alicyclic amines) is 1. The van der Waals surface area contributed by atoms with E-state index in [1.807, 2.05) is 6.07 Å². The van der Waals surface area contributed by atoms with Crippen LogP contribution in [0.15, 0.2) is 78.4 Å². The fourth-order valence-electron chi connectivity index (χ4n) is 4.71. The first-order valence-electron chi connectivity index (χ1n) is 10.8. The van der Waals surface area contributed by atoms with E-state index in [1.54, 1.807) is 12.7 Å². The van der Waals surface area contributed by atoms with Crippen LogP contribution in [0.4, 0.5) is 0 Å². The van der Waals surface area contributed by atoms with E-state index in [0.717, 1.165) is 38.2 Å². The third-order valence-corrected chi connectivity index (χ3v) is 6.26. The third kappa shape index (κ3) is 3.71. The Morgan fingerprint density at radius 2 is 1.40 bits per heavy atom. The van der Waals surface area contributed by atoms with Gasteiger partial charge in [0.1, 0.15) is 5.75 Å². The maximum Gasteiger partial charge on any atom is 0.119 e. The molecule has 0 amide bonds. The molecule has 3 aromatic carbocycles. The van der Waals surface area contributed by atoms with Gasteiger partial charge in [-0.15, -0.1) is 0 Å². The fraction of sp³-hybridized carbons (Fsp3) is 0.214. The smallest absolute Gasteiger partial charge is 0.119 e. The van der Waals surface area contributed by atoms with Crippen molar-refractivity contribution < 1.29 is 4.74 Å². The Morgan fingerprint density at radius 3 is 2.03 bits per heavy atom. The van der Waals surface area contributed by atoms with E-state index in [4.69, 9.17) is 4.74 Å². The average molecular weight is 394 g/mol. The maximum absolute atomic E-state index is 5.39. The van der Waals surface area contributed by atoms with Crippen LogP contribution in [0.5, 0.6) is 5.75 Å². The van der Waals surface area contributed by atoms with Gasteiger partial charge in [0, 0.05) is 19.6 Å². The van der Waals surface area contributed by atoms with E-state index >= 15 is 0 Å². The lowest BCUT2D eigenvalue weighted by Crippen LogP contribution is -2.30. The first-order valence-corrected chi connectivity index (χ1v) is 10.8. The molecule has 0 aromatic heterocycles.